The topological polar surface area (TPSA) is 40.6 Å². The number of fused-ring (bicyclic) bond motifs is 1. The molecule has 0 aliphatic rings. The van der Waals surface area contributed by atoms with E-state index in [-0.39, 0.29) is 0 Å². The monoisotopic (exact) mass is 371 g/mol. The lowest BCUT2D eigenvalue weighted by atomic mass is 10.2. The summed E-state index contributed by atoms with van der Waals surface area (Å²) in [4.78, 5) is 4.63. The third-order valence-electron chi connectivity index (χ3n) is 4.00. The van der Waals surface area contributed by atoms with Gasteiger partial charge >= 0.3 is 15.1 Å². The molecule has 133 valence electrons. The van der Waals surface area contributed by atoms with Gasteiger partial charge in [0.2, 0.25) is 0 Å². The number of pyridine rings is 1. The van der Waals surface area contributed by atoms with Gasteiger partial charge in [-0.05, 0) is 43.3 Å². The van der Waals surface area contributed by atoms with Crippen LogP contribution in [0.4, 0.5) is 0 Å². The Morgan fingerprint density at radius 1 is 0.630 bits per heavy atom. The fourth-order valence-electron chi connectivity index (χ4n) is 2.71. The quantitative estimate of drug-likeness (QED) is 0.444. The second kappa shape index (κ2) is 8.13. The maximum atomic E-state index is 6.22. The number of hydrogen-bond donors (Lipinski definition) is 0. The molecule has 0 aliphatic heterocycles. The van der Waals surface area contributed by atoms with Gasteiger partial charge in [0.05, 0.1) is 17.2 Å². The maximum absolute atomic E-state index is 6.22. The van der Waals surface area contributed by atoms with E-state index in [0.717, 1.165) is 28.1 Å². The molecule has 0 fully saturated rings. The second-order valence-electron chi connectivity index (χ2n) is 6.05. The molecule has 0 aliphatic carbocycles. The number of nitrogens with zero attached hydrogens (tertiary/aromatic N) is 1. The van der Waals surface area contributed by atoms with Crippen molar-refractivity contribution in [3.8, 4) is 17.2 Å². The van der Waals surface area contributed by atoms with Gasteiger partial charge in [-0.25, -0.2) is 4.98 Å². The fraction of sp³-hybridized carbons (Fsp3) is 0.0455. The van der Waals surface area contributed by atoms with Gasteiger partial charge in [0.25, 0.3) is 0 Å². The van der Waals surface area contributed by atoms with Crippen molar-refractivity contribution in [3.05, 3.63) is 96.7 Å². The lowest BCUT2D eigenvalue weighted by Crippen LogP contribution is -2.37. The van der Waals surface area contributed by atoms with Gasteiger partial charge in [0, 0.05) is 11.1 Å². The van der Waals surface area contributed by atoms with Gasteiger partial charge in [0.15, 0.2) is 0 Å². The van der Waals surface area contributed by atoms with E-state index < -0.39 is 15.1 Å². The molecule has 1 heterocycles. The van der Waals surface area contributed by atoms with Gasteiger partial charge in [-0.1, -0.05) is 54.6 Å². The SMILES string of the molecule is Cc1ccc2cccc([O][Al-]([O]c3ccccc3)[O]c3ccccc3)c2n1. The molecule has 0 atom stereocenters. The van der Waals surface area contributed by atoms with Crippen LogP contribution in [0.1, 0.15) is 5.69 Å². The predicted molar refractivity (Wildman–Crippen MR) is 107 cm³/mol. The number of aryl methyl sites for hydroxylation is 1. The van der Waals surface area contributed by atoms with E-state index in [1.54, 1.807) is 0 Å². The average molecular weight is 371 g/mol. The average Bonchev–Trinajstić information content (AvgIpc) is 2.70. The third kappa shape index (κ3) is 4.40. The fourth-order valence-corrected chi connectivity index (χ4v) is 4.01. The van der Waals surface area contributed by atoms with Crippen LogP contribution in [0.15, 0.2) is 91.0 Å². The molecule has 27 heavy (non-hydrogen) atoms. The minimum absolute atomic E-state index is 0.666. The minimum Gasteiger partial charge on any atom is -0.753 e. The summed E-state index contributed by atoms with van der Waals surface area (Å²) in [6.45, 7) is 1.96. The third-order valence-corrected chi connectivity index (χ3v) is 5.37. The Hall–Kier alpha value is -3.00. The highest BCUT2D eigenvalue weighted by atomic mass is 27.3. The van der Waals surface area contributed by atoms with Gasteiger partial charge in [0.1, 0.15) is 5.52 Å². The normalized spacial score (nSPS) is 10.7. The van der Waals surface area contributed by atoms with E-state index in [4.69, 9.17) is 11.4 Å². The van der Waals surface area contributed by atoms with Crippen LogP contribution in [0.3, 0.4) is 0 Å². The lowest BCUT2D eigenvalue weighted by molar-refractivity contribution is 0.308. The largest absolute Gasteiger partial charge is 0.845 e. The van der Waals surface area contributed by atoms with Crippen LogP contribution in [0.5, 0.6) is 17.2 Å². The molecule has 0 unspecified atom stereocenters. The van der Waals surface area contributed by atoms with E-state index in [1.807, 2.05) is 97.9 Å². The molecule has 0 saturated heterocycles. The van der Waals surface area contributed by atoms with Crippen molar-refractivity contribution in [3.63, 3.8) is 0 Å². The van der Waals surface area contributed by atoms with Gasteiger partial charge < -0.3 is 11.4 Å². The zero-order valence-corrected chi connectivity index (χ0v) is 16.1. The molecule has 4 aromatic rings. The first-order chi connectivity index (χ1) is 13.3. The Bertz CT molecular complexity index is 984. The van der Waals surface area contributed by atoms with Crippen molar-refractivity contribution in [2.75, 3.05) is 0 Å². The minimum atomic E-state index is -2.58. The first kappa shape index (κ1) is 17.4. The van der Waals surface area contributed by atoms with Gasteiger partial charge in [-0.2, -0.15) is 0 Å². The maximum Gasteiger partial charge on any atom is 0.845 e. The molecular formula is C22H18AlNO3-. The van der Waals surface area contributed by atoms with E-state index in [1.165, 1.54) is 0 Å². The summed E-state index contributed by atoms with van der Waals surface area (Å²) in [5.74, 6) is 2.10. The van der Waals surface area contributed by atoms with Crippen LogP contribution < -0.4 is 11.4 Å². The molecule has 0 spiro atoms. The summed E-state index contributed by atoms with van der Waals surface area (Å²) >= 11 is -2.58. The Morgan fingerprint density at radius 3 is 1.89 bits per heavy atom. The van der Waals surface area contributed by atoms with E-state index in [0.29, 0.717) is 5.75 Å². The number of hydrogen-bond acceptors (Lipinski definition) is 4. The summed E-state index contributed by atoms with van der Waals surface area (Å²) in [5, 5.41) is 1.02. The van der Waals surface area contributed by atoms with Gasteiger partial charge in [-0.15, -0.1) is 0 Å². The molecule has 0 saturated carbocycles. The number of para-hydroxylation sites is 3. The Balaban J connectivity index is 1.65. The summed E-state index contributed by atoms with van der Waals surface area (Å²) in [6.07, 6.45) is 0. The Kier molecular flexibility index (Phi) is 5.25. The molecular weight excluding hydrogens is 353 g/mol. The highest BCUT2D eigenvalue weighted by Gasteiger charge is 2.21. The number of benzene rings is 3. The summed E-state index contributed by atoms with van der Waals surface area (Å²) in [5.41, 5.74) is 1.74. The highest BCUT2D eigenvalue weighted by Crippen LogP contribution is 2.25. The van der Waals surface area contributed by atoms with Crippen LogP contribution in [-0.4, -0.2) is 20.1 Å². The molecule has 4 rings (SSSR count). The molecule has 3 aromatic carbocycles. The van der Waals surface area contributed by atoms with Crippen molar-refractivity contribution >= 4 is 26.1 Å². The Morgan fingerprint density at radius 2 is 1.26 bits per heavy atom. The summed E-state index contributed by atoms with van der Waals surface area (Å²) in [7, 11) is 0. The molecule has 1 aromatic heterocycles. The van der Waals surface area contributed by atoms with Gasteiger partial charge in [-0.3, -0.25) is 0 Å². The molecule has 0 N–H and O–H groups in total. The lowest BCUT2D eigenvalue weighted by Gasteiger charge is -2.31. The van der Waals surface area contributed by atoms with Crippen LogP contribution in [0, 0.1) is 6.92 Å². The summed E-state index contributed by atoms with van der Waals surface area (Å²) < 4.78 is 18.4. The van der Waals surface area contributed by atoms with E-state index >= 15 is 0 Å². The van der Waals surface area contributed by atoms with E-state index in [9.17, 15) is 0 Å². The summed E-state index contributed by atoms with van der Waals surface area (Å²) in [6, 6.07) is 29.0. The molecule has 4 nitrogen and oxygen atoms in total. The predicted octanol–water partition coefficient (Wildman–Crippen LogP) is 5.06. The first-order valence-corrected chi connectivity index (χ1v) is 10.2. The second-order valence-corrected chi connectivity index (χ2v) is 7.33. The highest BCUT2D eigenvalue weighted by molar-refractivity contribution is 6.39. The van der Waals surface area contributed by atoms with Crippen LogP contribution in [0.2, 0.25) is 0 Å². The standard InChI is InChI=1S/C10H9NO.2C6H6O.Al/c1-7-5-6-8-3-2-4-9(12)10(8)11-7;2*7-6-4-2-1-3-5-6;/h2-6,12H,1H3;2*1-5,7H;/q;;;+2/p-3. The van der Waals surface area contributed by atoms with Crippen molar-refractivity contribution in [1.82, 2.24) is 4.98 Å². The molecule has 1 radical (unpaired) electrons. The molecule has 0 amide bonds. The van der Waals surface area contributed by atoms with Crippen molar-refractivity contribution in [2.24, 2.45) is 0 Å². The van der Waals surface area contributed by atoms with Crippen molar-refractivity contribution in [2.45, 2.75) is 6.92 Å². The van der Waals surface area contributed by atoms with Crippen LogP contribution in [-0.2, 0) is 0 Å². The van der Waals surface area contributed by atoms with Crippen molar-refractivity contribution in [1.29, 1.82) is 0 Å². The molecule has 0 bridgehead atoms. The van der Waals surface area contributed by atoms with E-state index in [2.05, 4.69) is 4.98 Å². The zero-order valence-electron chi connectivity index (χ0n) is 14.9. The van der Waals surface area contributed by atoms with Crippen molar-refractivity contribution < 1.29 is 11.4 Å². The Labute approximate surface area is 163 Å². The van der Waals surface area contributed by atoms with Crippen LogP contribution in [0.25, 0.3) is 10.9 Å². The zero-order chi connectivity index (χ0) is 18.5. The van der Waals surface area contributed by atoms with Crippen LogP contribution >= 0.6 is 0 Å². The smallest absolute Gasteiger partial charge is 0.753 e. The first-order valence-electron chi connectivity index (χ1n) is 8.74. The molecule has 5 heteroatoms. The number of rotatable bonds is 6. The number of aromatic nitrogens is 1.